The van der Waals surface area contributed by atoms with Crippen molar-refractivity contribution < 1.29 is 9.53 Å². The molecule has 0 aromatic carbocycles. The molecule has 0 bridgehead atoms. The Morgan fingerprint density at radius 3 is 2.94 bits per heavy atom. The minimum atomic E-state index is 0. The van der Waals surface area contributed by atoms with Crippen LogP contribution in [0.3, 0.4) is 0 Å². The molecule has 0 radical (unpaired) electrons. The Kier molecular flexibility index (Phi) is 5.49. The minimum absolute atomic E-state index is 0. The predicted octanol–water partition coefficient (Wildman–Crippen LogP) is 2.99. The van der Waals surface area contributed by atoms with Crippen molar-refractivity contribution in [2.75, 3.05) is 23.8 Å². The molecule has 0 spiro atoms. The fourth-order valence-electron chi connectivity index (χ4n) is 1.66. The van der Waals surface area contributed by atoms with E-state index < -0.39 is 0 Å². The van der Waals surface area contributed by atoms with E-state index in [0.717, 1.165) is 27.1 Å². The topological polar surface area (TPSA) is 53.4 Å². The highest BCUT2D eigenvalue weighted by atomic mass is 35.5. The summed E-state index contributed by atoms with van der Waals surface area (Å²) in [5.41, 5.74) is 0.929. The van der Waals surface area contributed by atoms with Gasteiger partial charge in [-0.1, -0.05) is 0 Å². The number of amides is 1. The lowest BCUT2D eigenvalue weighted by Gasteiger charge is -2.24. The van der Waals surface area contributed by atoms with E-state index in [1.165, 1.54) is 11.3 Å². The van der Waals surface area contributed by atoms with E-state index in [0.29, 0.717) is 6.61 Å². The molecule has 7 heteroatoms. The zero-order valence-corrected chi connectivity index (χ0v) is 12.6. The van der Waals surface area contributed by atoms with Crippen LogP contribution in [0.1, 0.15) is 18.7 Å². The molecular weight excluding hydrogens is 292 g/mol. The highest BCUT2D eigenvalue weighted by Crippen LogP contribution is 2.41. The van der Waals surface area contributed by atoms with Crippen LogP contribution < -0.4 is 4.90 Å². The average molecular weight is 307 g/mol. The number of carbonyl (C=O) groups excluding carboxylic acids is 1. The van der Waals surface area contributed by atoms with E-state index in [4.69, 9.17) is 10.1 Å². The Morgan fingerprint density at radius 2 is 2.33 bits per heavy atom. The standard InChI is InChI=1S/C11H14N2O2S2.ClH/c1-3-15-10(12)9-6-8-11(17-9)16-5-4-13(8)7(2)14;/h6,12H,3-5H2,1-2H3;1H. The van der Waals surface area contributed by atoms with E-state index in [9.17, 15) is 4.79 Å². The summed E-state index contributed by atoms with van der Waals surface area (Å²) in [7, 11) is 0. The summed E-state index contributed by atoms with van der Waals surface area (Å²) in [5, 5.41) is 7.76. The van der Waals surface area contributed by atoms with Crippen molar-refractivity contribution in [1.29, 1.82) is 5.41 Å². The Bertz CT molecular complexity index is 462. The molecule has 2 rings (SSSR count). The molecule has 2 heterocycles. The van der Waals surface area contributed by atoms with E-state index in [-0.39, 0.29) is 24.2 Å². The number of ether oxygens (including phenoxy) is 1. The van der Waals surface area contributed by atoms with Gasteiger partial charge in [-0.05, 0) is 13.0 Å². The van der Waals surface area contributed by atoms with Crippen molar-refractivity contribution in [3.63, 3.8) is 0 Å². The molecule has 100 valence electrons. The van der Waals surface area contributed by atoms with E-state index >= 15 is 0 Å². The third-order valence-corrected chi connectivity index (χ3v) is 4.79. The third kappa shape index (κ3) is 2.99. The van der Waals surface area contributed by atoms with Crippen LogP contribution in [0.4, 0.5) is 5.69 Å². The normalized spacial score (nSPS) is 13.6. The quantitative estimate of drug-likeness (QED) is 0.675. The molecule has 1 aliphatic rings. The molecule has 18 heavy (non-hydrogen) atoms. The first kappa shape index (κ1) is 15.3. The second kappa shape index (κ2) is 6.45. The number of carbonyl (C=O) groups is 1. The number of nitrogens with one attached hydrogen (secondary N) is 1. The number of halogens is 1. The van der Waals surface area contributed by atoms with Crippen molar-refractivity contribution >= 4 is 53.0 Å². The monoisotopic (exact) mass is 306 g/mol. The number of nitrogens with zero attached hydrogens (tertiary/aromatic N) is 1. The fraction of sp³-hybridized carbons (Fsp3) is 0.455. The molecule has 1 aromatic heterocycles. The summed E-state index contributed by atoms with van der Waals surface area (Å²) in [6.07, 6.45) is 0. The molecule has 1 amide bonds. The number of anilines is 1. The maximum absolute atomic E-state index is 11.5. The summed E-state index contributed by atoms with van der Waals surface area (Å²) in [4.78, 5) is 14.1. The third-order valence-electron chi connectivity index (χ3n) is 2.41. The summed E-state index contributed by atoms with van der Waals surface area (Å²) < 4.78 is 6.29. The molecule has 4 nitrogen and oxygen atoms in total. The molecule has 1 aromatic rings. The average Bonchev–Trinajstić information content (AvgIpc) is 2.72. The maximum atomic E-state index is 11.5. The van der Waals surface area contributed by atoms with Crippen LogP contribution in [0.2, 0.25) is 0 Å². The minimum Gasteiger partial charge on any atom is -0.477 e. The van der Waals surface area contributed by atoms with Gasteiger partial charge in [-0.3, -0.25) is 10.2 Å². The van der Waals surface area contributed by atoms with Gasteiger partial charge in [0, 0.05) is 19.2 Å². The van der Waals surface area contributed by atoms with Crippen LogP contribution in [-0.2, 0) is 9.53 Å². The van der Waals surface area contributed by atoms with Gasteiger partial charge in [-0.15, -0.1) is 35.5 Å². The van der Waals surface area contributed by atoms with Gasteiger partial charge in [0.2, 0.25) is 11.8 Å². The zero-order chi connectivity index (χ0) is 12.4. The van der Waals surface area contributed by atoms with Crippen LogP contribution in [-0.4, -0.2) is 30.7 Å². The first-order valence-corrected chi connectivity index (χ1v) is 7.20. The summed E-state index contributed by atoms with van der Waals surface area (Å²) in [6.45, 7) is 4.67. The van der Waals surface area contributed by atoms with Gasteiger partial charge in [0.05, 0.1) is 21.4 Å². The molecule has 0 saturated heterocycles. The van der Waals surface area contributed by atoms with E-state index in [1.54, 1.807) is 23.6 Å². The molecular formula is C11H15ClN2O2S2. The smallest absolute Gasteiger partial charge is 0.223 e. The van der Waals surface area contributed by atoms with Gasteiger partial charge in [0.25, 0.3) is 0 Å². The molecule has 0 atom stereocenters. The number of hydrogen-bond acceptors (Lipinski definition) is 5. The maximum Gasteiger partial charge on any atom is 0.223 e. The van der Waals surface area contributed by atoms with Crippen LogP contribution in [0.5, 0.6) is 0 Å². The number of thiophene rings is 1. The number of thioether (sulfide) groups is 1. The largest absolute Gasteiger partial charge is 0.477 e. The molecule has 1 N–H and O–H groups in total. The Labute approximate surface area is 121 Å². The van der Waals surface area contributed by atoms with Gasteiger partial charge < -0.3 is 9.64 Å². The summed E-state index contributed by atoms with van der Waals surface area (Å²) >= 11 is 3.26. The SMILES string of the molecule is CCOC(=N)c1cc2c(s1)SCCN2C(C)=O.Cl. The second-order valence-corrected chi connectivity index (χ2v) is 5.98. The summed E-state index contributed by atoms with van der Waals surface area (Å²) in [5.74, 6) is 1.16. The second-order valence-electron chi connectivity index (χ2n) is 3.56. The summed E-state index contributed by atoms with van der Waals surface area (Å²) in [6, 6.07) is 1.88. The lowest BCUT2D eigenvalue weighted by atomic mass is 10.3. The molecule has 0 saturated carbocycles. The first-order chi connectivity index (χ1) is 8.13. The lowest BCUT2D eigenvalue weighted by molar-refractivity contribution is -0.116. The van der Waals surface area contributed by atoms with Crippen molar-refractivity contribution in [1.82, 2.24) is 0 Å². The van der Waals surface area contributed by atoms with Gasteiger partial charge in [-0.25, -0.2) is 0 Å². The van der Waals surface area contributed by atoms with Crippen molar-refractivity contribution in [2.45, 2.75) is 18.1 Å². The van der Waals surface area contributed by atoms with Crippen LogP contribution in [0, 0.1) is 5.41 Å². The first-order valence-electron chi connectivity index (χ1n) is 5.40. The highest BCUT2D eigenvalue weighted by Gasteiger charge is 2.24. The molecule has 1 aliphatic heterocycles. The molecule has 0 fully saturated rings. The Hall–Kier alpha value is -0.720. The van der Waals surface area contributed by atoms with Crippen LogP contribution in [0.25, 0.3) is 0 Å². The lowest BCUT2D eigenvalue weighted by Crippen LogP contribution is -2.32. The van der Waals surface area contributed by atoms with Gasteiger partial charge in [0.1, 0.15) is 0 Å². The van der Waals surface area contributed by atoms with Crippen molar-refractivity contribution in [2.24, 2.45) is 0 Å². The molecule has 0 aliphatic carbocycles. The Morgan fingerprint density at radius 1 is 1.61 bits per heavy atom. The van der Waals surface area contributed by atoms with Crippen molar-refractivity contribution in [3.05, 3.63) is 10.9 Å². The van der Waals surface area contributed by atoms with Gasteiger partial charge >= 0.3 is 0 Å². The van der Waals surface area contributed by atoms with E-state index in [2.05, 4.69) is 0 Å². The van der Waals surface area contributed by atoms with Gasteiger partial charge in [-0.2, -0.15) is 0 Å². The van der Waals surface area contributed by atoms with Crippen molar-refractivity contribution in [3.8, 4) is 0 Å². The number of fused-ring (bicyclic) bond motifs is 1. The fourth-order valence-corrected chi connectivity index (χ4v) is 3.99. The number of rotatable bonds is 2. The van der Waals surface area contributed by atoms with Gasteiger partial charge in [0.15, 0.2) is 0 Å². The van der Waals surface area contributed by atoms with Crippen LogP contribution >= 0.6 is 35.5 Å². The van der Waals surface area contributed by atoms with E-state index in [1.807, 2.05) is 13.0 Å². The Balaban J connectivity index is 0.00000162. The predicted molar refractivity (Wildman–Crippen MR) is 78.8 cm³/mol. The molecule has 0 unspecified atom stereocenters. The number of hydrogen-bond donors (Lipinski definition) is 1. The van der Waals surface area contributed by atoms with Crippen LogP contribution in [0.15, 0.2) is 10.3 Å². The highest BCUT2D eigenvalue weighted by molar-refractivity contribution is 8.01. The zero-order valence-electron chi connectivity index (χ0n) is 10.2.